The van der Waals surface area contributed by atoms with E-state index in [0.29, 0.717) is 5.56 Å². The molecule has 0 aliphatic carbocycles. The van der Waals surface area contributed by atoms with Crippen molar-refractivity contribution < 1.29 is 23.7 Å². The summed E-state index contributed by atoms with van der Waals surface area (Å²) in [5.74, 6) is -0.429. The third kappa shape index (κ3) is 8.40. The zero-order chi connectivity index (χ0) is 21.3. The highest BCUT2D eigenvalue weighted by Crippen LogP contribution is 2.41. The number of carbonyl (C=O) groups is 1. The van der Waals surface area contributed by atoms with Crippen molar-refractivity contribution in [2.24, 2.45) is 0 Å². The van der Waals surface area contributed by atoms with E-state index in [1.165, 1.54) is 43.7 Å². The van der Waals surface area contributed by atoms with E-state index in [0.717, 1.165) is 18.4 Å². The van der Waals surface area contributed by atoms with Gasteiger partial charge in [-0.2, -0.15) is 0 Å². The minimum absolute atomic E-state index is 0.0635. The monoisotopic (exact) mass is 419 g/mol. The Morgan fingerprint density at radius 2 is 1.66 bits per heavy atom. The number of phosphoric acid groups is 1. The van der Waals surface area contributed by atoms with Crippen LogP contribution in [0.1, 0.15) is 66.9 Å². The molecule has 6 nitrogen and oxygen atoms in total. The van der Waals surface area contributed by atoms with Crippen LogP contribution < -0.4 is 9.84 Å². The van der Waals surface area contributed by atoms with Crippen LogP contribution in [0.5, 0.6) is 5.75 Å². The van der Waals surface area contributed by atoms with Gasteiger partial charge in [-0.25, -0.2) is 4.57 Å². The quantitative estimate of drug-likeness (QED) is 0.324. The van der Waals surface area contributed by atoms with Crippen molar-refractivity contribution in [1.29, 1.82) is 0 Å². The topological polar surface area (TPSA) is 95.9 Å². The Labute approximate surface area is 172 Å². The van der Waals surface area contributed by atoms with Gasteiger partial charge in [0.1, 0.15) is 0 Å². The molecular formula is C22H30NO5P. The fourth-order valence-corrected chi connectivity index (χ4v) is 3.47. The summed E-state index contributed by atoms with van der Waals surface area (Å²) in [5, 5.41) is 2.66. The normalized spacial score (nSPS) is 11.3. The largest absolute Gasteiger partial charge is 0.524 e. The molecule has 0 aliphatic heterocycles. The van der Waals surface area contributed by atoms with Gasteiger partial charge in [0.2, 0.25) is 0 Å². The molecule has 2 aromatic carbocycles. The lowest BCUT2D eigenvalue weighted by Gasteiger charge is -2.14. The van der Waals surface area contributed by atoms with E-state index in [-0.39, 0.29) is 17.3 Å². The maximum absolute atomic E-state index is 12.5. The van der Waals surface area contributed by atoms with Gasteiger partial charge in [0, 0.05) is 5.56 Å². The first kappa shape index (κ1) is 23.1. The molecule has 0 spiro atoms. The van der Waals surface area contributed by atoms with Crippen LogP contribution in [0, 0.1) is 6.92 Å². The second-order valence-electron chi connectivity index (χ2n) is 7.25. The van der Waals surface area contributed by atoms with E-state index in [9.17, 15) is 9.36 Å². The maximum atomic E-state index is 12.5. The van der Waals surface area contributed by atoms with Crippen LogP contribution in [-0.2, 0) is 11.0 Å². The second kappa shape index (κ2) is 11.1. The first-order valence-electron chi connectivity index (χ1n) is 10.0. The molecule has 1 amide bonds. The molecule has 0 radical (unpaired) electrons. The summed E-state index contributed by atoms with van der Waals surface area (Å²) in [7, 11) is -4.73. The lowest BCUT2D eigenvalue weighted by atomic mass is 10.0. The molecule has 0 aliphatic rings. The zero-order valence-corrected chi connectivity index (χ0v) is 18.0. The minimum Gasteiger partial charge on any atom is -0.402 e. The highest BCUT2D eigenvalue weighted by atomic mass is 31.2. The Balaban J connectivity index is 1.95. The van der Waals surface area contributed by atoms with Gasteiger partial charge in [0.05, 0.1) is 5.69 Å². The van der Waals surface area contributed by atoms with Crippen molar-refractivity contribution >= 4 is 19.4 Å². The van der Waals surface area contributed by atoms with Crippen LogP contribution in [0.15, 0.2) is 42.5 Å². The molecule has 0 saturated heterocycles. The maximum Gasteiger partial charge on any atom is 0.524 e. The Kier molecular flexibility index (Phi) is 8.90. The van der Waals surface area contributed by atoms with Gasteiger partial charge in [0.15, 0.2) is 5.75 Å². The average molecular weight is 419 g/mol. The molecule has 0 saturated carbocycles. The van der Waals surface area contributed by atoms with E-state index < -0.39 is 7.82 Å². The number of unbranched alkanes of at least 4 members (excludes halogenated alkanes) is 5. The number of rotatable bonds is 11. The van der Waals surface area contributed by atoms with E-state index in [1.807, 2.05) is 12.1 Å². The predicted molar refractivity (Wildman–Crippen MR) is 115 cm³/mol. The standard InChI is InChI=1S/C22H30NO5P/c1-3-4-5-6-7-8-9-18-11-13-19(14-12-18)22(24)23-20-15-10-17(2)16-21(20)28-29(25,26)27/h10-16H,3-9H2,1-2H3,(H,23,24)(H2,25,26,27). The van der Waals surface area contributed by atoms with Crippen molar-refractivity contribution in [3.8, 4) is 5.75 Å². The smallest absolute Gasteiger partial charge is 0.402 e. The van der Waals surface area contributed by atoms with Crippen LogP contribution in [0.2, 0.25) is 0 Å². The number of amides is 1. The molecule has 0 fully saturated rings. The van der Waals surface area contributed by atoms with E-state index in [2.05, 4.69) is 12.2 Å². The van der Waals surface area contributed by atoms with Crippen molar-refractivity contribution in [2.45, 2.75) is 58.8 Å². The fraction of sp³-hybridized carbons (Fsp3) is 0.409. The number of aryl methyl sites for hydroxylation is 2. The number of nitrogens with one attached hydrogen (secondary N) is 1. The van der Waals surface area contributed by atoms with Gasteiger partial charge in [-0.05, 0) is 55.2 Å². The average Bonchev–Trinajstić information content (AvgIpc) is 2.66. The molecule has 2 rings (SSSR count). The fourth-order valence-electron chi connectivity index (χ4n) is 3.06. The summed E-state index contributed by atoms with van der Waals surface area (Å²) in [5.41, 5.74) is 2.63. The third-order valence-corrected chi connectivity index (χ3v) is 5.07. The Hall–Kier alpha value is -2.14. The van der Waals surface area contributed by atoms with Gasteiger partial charge in [-0.1, -0.05) is 57.2 Å². The first-order valence-corrected chi connectivity index (χ1v) is 11.6. The molecule has 0 atom stereocenters. The molecule has 7 heteroatoms. The van der Waals surface area contributed by atoms with E-state index in [1.54, 1.807) is 31.2 Å². The van der Waals surface area contributed by atoms with Crippen molar-refractivity contribution in [1.82, 2.24) is 0 Å². The molecular weight excluding hydrogens is 389 g/mol. The van der Waals surface area contributed by atoms with Crippen LogP contribution >= 0.6 is 7.82 Å². The highest BCUT2D eigenvalue weighted by Gasteiger charge is 2.19. The summed E-state index contributed by atoms with van der Waals surface area (Å²) in [6.45, 7) is 3.97. The summed E-state index contributed by atoms with van der Waals surface area (Å²) in [4.78, 5) is 30.7. The summed E-state index contributed by atoms with van der Waals surface area (Å²) >= 11 is 0. The van der Waals surface area contributed by atoms with Crippen LogP contribution in [0.4, 0.5) is 5.69 Å². The molecule has 29 heavy (non-hydrogen) atoms. The Morgan fingerprint density at radius 1 is 1.00 bits per heavy atom. The predicted octanol–water partition coefficient (Wildman–Crippen LogP) is 5.62. The third-order valence-electron chi connectivity index (χ3n) is 4.64. The van der Waals surface area contributed by atoms with Crippen molar-refractivity contribution in [2.75, 3.05) is 5.32 Å². The minimum atomic E-state index is -4.73. The van der Waals surface area contributed by atoms with Gasteiger partial charge < -0.3 is 9.84 Å². The Bertz CT molecular complexity index is 845. The zero-order valence-electron chi connectivity index (χ0n) is 17.1. The van der Waals surface area contributed by atoms with Crippen molar-refractivity contribution in [3.05, 3.63) is 59.2 Å². The van der Waals surface area contributed by atoms with Gasteiger partial charge in [-0.3, -0.25) is 14.6 Å². The number of phosphoric ester groups is 1. The summed E-state index contributed by atoms with van der Waals surface area (Å²) < 4.78 is 15.9. The summed E-state index contributed by atoms with van der Waals surface area (Å²) in [6.07, 6.45) is 8.46. The number of hydrogen-bond acceptors (Lipinski definition) is 3. The van der Waals surface area contributed by atoms with Crippen LogP contribution in [0.25, 0.3) is 0 Å². The molecule has 158 valence electrons. The van der Waals surface area contributed by atoms with E-state index >= 15 is 0 Å². The van der Waals surface area contributed by atoms with Gasteiger partial charge in [0.25, 0.3) is 5.91 Å². The van der Waals surface area contributed by atoms with Crippen molar-refractivity contribution in [3.63, 3.8) is 0 Å². The number of anilines is 1. The van der Waals surface area contributed by atoms with Gasteiger partial charge >= 0.3 is 7.82 Å². The lowest BCUT2D eigenvalue weighted by molar-refractivity contribution is 0.102. The molecule has 0 bridgehead atoms. The van der Waals surface area contributed by atoms with E-state index in [4.69, 9.17) is 14.3 Å². The first-order chi connectivity index (χ1) is 13.8. The molecule has 0 unspecified atom stereocenters. The Morgan fingerprint density at radius 3 is 2.31 bits per heavy atom. The van der Waals surface area contributed by atoms with Crippen LogP contribution in [0.3, 0.4) is 0 Å². The molecule has 3 N–H and O–H groups in total. The SMILES string of the molecule is CCCCCCCCc1ccc(C(=O)Nc2ccc(C)cc2OP(=O)(O)O)cc1. The highest BCUT2D eigenvalue weighted by molar-refractivity contribution is 7.46. The van der Waals surface area contributed by atoms with Crippen LogP contribution in [-0.4, -0.2) is 15.7 Å². The number of carbonyl (C=O) groups excluding carboxylic acids is 1. The molecule has 0 aromatic heterocycles. The molecule has 2 aromatic rings. The lowest BCUT2D eigenvalue weighted by Crippen LogP contribution is -2.13. The van der Waals surface area contributed by atoms with Gasteiger partial charge in [-0.15, -0.1) is 0 Å². The summed E-state index contributed by atoms with van der Waals surface area (Å²) in [6, 6.07) is 12.2. The molecule has 0 heterocycles. The number of benzene rings is 2. The number of hydrogen-bond donors (Lipinski definition) is 3. The second-order valence-corrected chi connectivity index (χ2v) is 8.41.